The van der Waals surface area contributed by atoms with E-state index in [-0.39, 0.29) is 5.91 Å². The second-order valence-electron chi connectivity index (χ2n) is 5.89. The van der Waals surface area contributed by atoms with Crippen molar-refractivity contribution in [3.63, 3.8) is 0 Å². The highest BCUT2D eigenvalue weighted by atomic mass is 79.9. The van der Waals surface area contributed by atoms with Gasteiger partial charge in [0.15, 0.2) is 0 Å². The number of hydrogen-bond acceptors (Lipinski definition) is 2. The monoisotopic (exact) mass is 414 g/mol. The van der Waals surface area contributed by atoms with Crippen molar-refractivity contribution in [3.05, 3.63) is 32.7 Å². The van der Waals surface area contributed by atoms with Gasteiger partial charge in [0.1, 0.15) is 0 Å². The standard InChI is InChI=1S/C16H20Br2N2O/c17-12-5-6-14(15(18)11-12)16(21)20-9-7-19(8-10-20)13-3-1-2-4-13/h5-6,11,13H,1-4,7-10H2. The average Bonchev–Trinajstić information content (AvgIpc) is 3.01. The van der Waals surface area contributed by atoms with Gasteiger partial charge in [0.2, 0.25) is 0 Å². The van der Waals surface area contributed by atoms with Gasteiger partial charge < -0.3 is 4.90 Å². The molecule has 0 bridgehead atoms. The van der Waals surface area contributed by atoms with E-state index >= 15 is 0 Å². The van der Waals surface area contributed by atoms with E-state index in [1.807, 2.05) is 23.1 Å². The van der Waals surface area contributed by atoms with Gasteiger partial charge in [0.25, 0.3) is 5.91 Å². The number of halogens is 2. The number of carbonyl (C=O) groups is 1. The third-order valence-corrected chi connectivity index (χ3v) is 5.75. The first-order chi connectivity index (χ1) is 10.1. The van der Waals surface area contributed by atoms with Gasteiger partial charge in [-0.25, -0.2) is 0 Å². The maximum atomic E-state index is 12.6. The molecule has 2 fully saturated rings. The predicted octanol–water partition coefficient (Wildman–Crippen LogP) is 3.91. The van der Waals surface area contributed by atoms with E-state index in [0.29, 0.717) is 0 Å². The summed E-state index contributed by atoms with van der Waals surface area (Å²) in [6, 6.07) is 6.51. The lowest BCUT2D eigenvalue weighted by molar-refractivity contribution is 0.0572. The molecule has 3 rings (SSSR count). The van der Waals surface area contributed by atoms with Gasteiger partial charge in [-0.2, -0.15) is 0 Å². The normalized spacial score (nSPS) is 21.0. The molecule has 1 saturated carbocycles. The lowest BCUT2D eigenvalue weighted by Gasteiger charge is -2.38. The molecule has 0 unspecified atom stereocenters. The Bertz CT molecular complexity index is 521. The highest BCUT2D eigenvalue weighted by molar-refractivity contribution is 9.11. The number of amides is 1. The third kappa shape index (κ3) is 3.51. The van der Waals surface area contributed by atoms with Crippen LogP contribution in [-0.2, 0) is 0 Å². The molecule has 1 aliphatic heterocycles. The fourth-order valence-electron chi connectivity index (χ4n) is 3.39. The first kappa shape index (κ1) is 15.5. The molecule has 5 heteroatoms. The van der Waals surface area contributed by atoms with Gasteiger partial charge >= 0.3 is 0 Å². The second-order valence-corrected chi connectivity index (χ2v) is 7.66. The Morgan fingerprint density at radius 1 is 1.05 bits per heavy atom. The van der Waals surface area contributed by atoms with Crippen molar-refractivity contribution in [2.24, 2.45) is 0 Å². The quantitative estimate of drug-likeness (QED) is 0.730. The molecule has 2 aliphatic rings. The van der Waals surface area contributed by atoms with Crippen LogP contribution in [0.15, 0.2) is 27.1 Å². The number of benzene rings is 1. The topological polar surface area (TPSA) is 23.6 Å². The highest BCUT2D eigenvalue weighted by Gasteiger charge is 2.28. The molecule has 0 radical (unpaired) electrons. The molecule has 21 heavy (non-hydrogen) atoms. The van der Waals surface area contributed by atoms with Crippen molar-refractivity contribution in [2.75, 3.05) is 26.2 Å². The van der Waals surface area contributed by atoms with Crippen LogP contribution in [0.4, 0.5) is 0 Å². The van der Waals surface area contributed by atoms with E-state index in [2.05, 4.69) is 36.8 Å². The van der Waals surface area contributed by atoms with E-state index in [4.69, 9.17) is 0 Å². The molecule has 1 aliphatic carbocycles. The first-order valence-electron chi connectivity index (χ1n) is 7.63. The lowest BCUT2D eigenvalue weighted by Crippen LogP contribution is -2.51. The maximum absolute atomic E-state index is 12.6. The SMILES string of the molecule is O=C(c1ccc(Br)cc1Br)N1CCN(C2CCCC2)CC1. The van der Waals surface area contributed by atoms with Crippen molar-refractivity contribution in [3.8, 4) is 0 Å². The van der Waals surface area contributed by atoms with E-state index in [1.165, 1.54) is 25.7 Å². The first-order valence-corrected chi connectivity index (χ1v) is 9.22. The van der Waals surface area contributed by atoms with Crippen LogP contribution in [0.2, 0.25) is 0 Å². The van der Waals surface area contributed by atoms with Crippen molar-refractivity contribution >= 4 is 37.8 Å². The van der Waals surface area contributed by atoms with Crippen molar-refractivity contribution in [1.82, 2.24) is 9.80 Å². The van der Waals surface area contributed by atoms with Crippen LogP contribution >= 0.6 is 31.9 Å². The molecule has 0 atom stereocenters. The van der Waals surface area contributed by atoms with Crippen LogP contribution in [0.1, 0.15) is 36.0 Å². The Morgan fingerprint density at radius 2 is 1.71 bits per heavy atom. The number of hydrogen-bond donors (Lipinski definition) is 0. The summed E-state index contributed by atoms with van der Waals surface area (Å²) >= 11 is 6.92. The molecule has 1 aromatic carbocycles. The summed E-state index contributed by atoms with van der Waals surface area (Å²) < 4.78 is 1.84. The van der Waals surface area contributed by atoms with E-state index in [9.17, 15) is 4.79 Å². The molecule has 3 nitrogen and oxygen atoms in total. The summed E-state index contributed by atoms with van der Waals surface area (Å²) in [7, 11) is 0. The lowest BCUT2D eigenvalue weighted by atomic mass is 10.1. The Kier molecular flexibility index (Phi) is 5.02. The zero-order valence-corrected chi connectivity index (χ0v) is 15.2. The number of rotatable bonds is 2. The summed E-state index contributed by atoms with van der Waals surface area (Å²) in [5.74, 6) is 0.139. The maximum Gasteiger partial charge on any atom is 0.255 e. The highest BCUT2D eigenvalue weighted by Crippen LogP contribution is 2.26. The van der Waals surface area contributed by atoms with Gasteiger partial charge in [0.05, 0.1) is 5.56 Å². The Morgan fingerprint density at radius 3 is 2.33 bits per heavy atom. The van der Waals surface area contributed by atoms with E-state index in [1.54, 1.807) is 0 Å². The smallest absolute Gasteiger partial charge is 0.255 e. The van der Waals surface area contributed by atoms with Crippen LogP contribution in [-0.4, -0.2) is 47.9 Å². The molecule has 1 heterocycles. The second kappa shape index (κ2) is 6.80. The molecule has 0 aromatic heterocycles. The summed E-state index contributed by atoms with van der Waals surface area (Å²) in [6.45, 7) is 3.73. The summed E-state index contributed by atoms with van der Waals surface area (Å²) in [5, 5.41) is 0. The fourth-order valence-corrected chi connectivity index (χ4v) is 4.61. The molecule has 1 amide bonds. The Balaban J connectivity index is 1.62. The summed E-state index contributed by atoms with van der Waals surface area (Å²) in [5.41, 5.74) is 0.757. The van der Waals surface area contributed by atoms with Gasteiger partial charge in [-0.3, -0.25) is 9.69 Å². The van der Waals surface area contributed by atoms with Gasteiger partial charge in [-0.05, 0) is 47.0 Å². The van der Waals surface area contributed by atoms with Crippen LogP contribution in [0, 0.1) is 0 Å². The molecule has 0 spiro atoms. The minimum absolute atomic E-state index is 0.139. The Hall–Kier alpha value is -0.390. The largest absolute Gasteiger partial charge is 0.336 e. The van der Waals surface area contributed by atoms with Gasteiger partial charge in [0, 0.05) is 41.2 Å². The zero-order chi connectivity index (χ0) is 14.8. The fraction of sp³-hybridized carbons (Fsp3) is 0.562. The van der Waals surface area contributed by atoms with E-state index < -0.39 is 0 Å². The molecule has 1 aromatic rings. The molecular formula is C16H20Br2N2O. The number of nitrogens with zero attached hydrogens (tertiary/aromatic N) is 2. The third-order valence-electron chi connectivity index (χ3n) is 4.60. The van der Waals surface area contributed by atoms with Crippen molar-refractivity contribution in [1.29, 1.82) is 0 Å². The predicted molar refractivity (Wildman–Crippen MR) is 91.6 cm³/mol. The van der Waals surface area contributed by atoms with Crippen LogP contribution < -0.4 is 0 Å². The van der Waals surface area contributed by atoms with Gasteiger partial charge in [-0.1, -0.05) is 28.8 Å². The zero-order valence-electron chi connectivity index (χ0n) is 12.0. The minimum atomic E-state index is 0.139. The van der Waals surface area contributed by atoms with Crippen LogP contribution in [0.5, 0.6) is 0 Å². The Labute approximate surface area is 142 Å². The van der Waals surface area contributed by atoms with Crippen LogP contribution in [0.3, 0.4) is 0 Å². The summed E-state index contributed by atoms with van der Waals surface area (Å²) in [6.07, 6.45) is 5.42. The number of piperazine rings is 1. The van der Waals surface area contributed by atoms with Crippen LogP contribution in [0.25, 0.3) is 0 Å². The molecule has 0 N–H and O–H groups in total. The number of carbonyl (C=O) groups excluding carboxylic acids is 1. The molecule has 1 saturated heterocycles. The minimum Gasteiger partial charge on any atom is -0.336 e. The molecular weight excluding hydrogens is 396 g/mol. The van der Waals surface area contributed by atoms with E-state index in [0.717, 1.165) is 46.7 Å². The molecule has 114 valence electrons. The van der Waals surface area contributed by atoms with Crippen molar-refractivity contribution < 1.29 is 4.79 Å². The summed E-state index contributed by atoms with van der Waals surface area (Å²) in [4.78, 5) is 17.2. The average molecular weight is 416 g/mol. The van der Waals surface area contributed by atoms with Gasteiger partial charge in [-0.15, -0.1) is 0 Å². The van der Waals surface area contributed by atoms with Crippen molar-refractivity contribution in [2.45, 2.75) is 31.7 Å².